The summed E-state index contributed by atoms with van der Waals surface area (Å²) in [7, 11) is 0. The molecule has 1 heterocycles. The summed E-state index contributed by atoms with van der Waals surface area (Å²) in [5.41, 5.74) is 6.30. The van der Waals surface area contributed by atoms with Gasteiger partial charge < -0.3 is 10.2 Å². The van der Waals surface area contributed by atoms with Crippen LogP contribution in [0.1, 0.15) is 18.7 Å². The van der Waals surface area contributed by atoms with Crippen LogP contribution in [0.15, 0.2) is 28.7 Å². The predicted octanol–water partition coefficient (Wildman–Crippen LogP) is 2.59. The minimum atomic E-state index is -0.260. The first-order valence-corrected chi connectivity index (χ1v) is 4.11. The van der Waals surface area contributed by atoms with Gasteiger partial charge in [-0.15, -0.1) is 0 Å². The van der Waals surface area contributed by atoms with Gasteiger partial charge in [0.05, 0.1) is 6.04 Å². The van der Waals surface area contributed by atoms with Crippen molar-refractivity contribution < 1.29 is 8.81 Å². The van der Waals surface area contributed by atoms with E-state index in [1.54, 1.807) is 12.1 Å². The summed E-state index contributed by atoms with van der Waals surface area (Å²) >= 11 is 0. The molecule has 0 aliphatic carbocycles. The van der Waals surface area contributed by atoms with E-state index in [1.807, 2.05) is 6.92 Å². The van der Waals surface area contributed by atoms with Crippen molar-refractivity contribution in [2.24, 2.45) is 5.73 Å². The van der Waals surface area contributed by atoms with Crippen LogP contribution in [0.25, 0.3) is 11.0 Å². The number of furan rings is 1. The molecule has 0 aliphatic rings. The van der Waals surface area contributed by atoms with Crippen LogP contribution in [0.5, 0.6) is 0 Å². The lowest BCUT2D eigenvalue weighted by Gasteiger charge is -1.96. The first-order chi connectivity index (χ1) is 6.16. The third kappa shape index (κ3) is 1.42. The largest absolute Gasteiger partial charge is 0.459 e. The van der Waals surface area contributed by atoms with Crippen LogP contribution in [0, 0.1) is 5.82 Å². The molecule has 0 spiro atoms. The first-order valence-electron chi connectivity index (χ1n) is 4.11. The van der Waals surface area contributed by atoms with Gasteiger partial charge in [0.25, 0.3) is 0 Å². The third-order valence-corrected chi connectivity index (χ3v) is 1.95. The average molecular weight is 179 g/mol. The Labute approximate surface area is 75.1 Å². The molecule has 68 valence electrons. The highest BCUT2D eigenvalue weighted by Gasteiger charge is 2.07. The van der Waals surface area contributed by atoms with Gasteiger partial charge in [-0.1, -0.05) is 0 Å². The summed E-state index contributed by atoms with van der Waals surface area (Å²) in [5, 5.41) is 0.757. The van der Waals surface area contributed by atoms with Crippen LogP contribution < -0.4 is 5.73 Å². The molecule has 1 atom stereocenters. The van der Waals surface area contributed by atoms with E-state index < -0.39 is 0 Å². The van der Waals surface area contributed by atoms with Crippen LogP contribution in [-0.2, 0) is 0 Å². The molecule has 0 bridgehead atoms. The van der Waals surface area contributed by atoms with E-state index in [4.69, 9.17) is 10.2 Å². The Kier molecular flexibility index (Phi) is 1.81. The lowest BCUT2D eigenvalue weighted by molar-refractivity contribution is 0.512. The molecule has 1 aromatic carbocycles. The Balaban J connectivity index is 2.62. The molecule has 0 aliphatic heterocycles. The normalized spacial score (nSPS) is 13.5. The van der Waals surface area contributed by atoms with E-state index in [0.717, 1.165) is 5.39 Å². The molecule has 13 heavy (non-hydrogen) atoms. The van der Waals surface area contributed by atoms with Crippen molar-refractivity contribution in [1.82, 2.24) is 0 Å². The van der Waals surface area contributed by atoms with Gasteiger partial charge in [-0.2, -0.15) is 0 Å². The highest BCUT2D eigenvalue weighted by atomic mass is 19.1. The average Bonchev–Trinajstić information content (AvgIpc) is 2.46. The van der Waals surface area contributed by atoms with E-state index in [9.17, 15) is 4.39 Å². The molecule has 2 N–H and O–H groups in total. The summed E-state index contributed by atoms with van der Waals surface area (Å²) in [6, 6.07) is 6.02. The monoisotopic (exact) mass is 179 g/mol. The molecular weight excluding hydrogens is 169 g/mol. The Hall–Kier alpha value is -1.35. The van der Waals surface area contributed by atoms with Gasteiger partial charge in [-0.3, -0.25) is 0 Å². The van der Waals surface area contributed by atoms with Gasteiger partial charge in [-0.05, 0) is 31.2 Å². The van der Waals surface area contributed by atoms with E-state index in [-0.39, 0.29) is 11.9 Å². The lowest BCUT2D eigenvalue weighted by Crippen LogP contribution is -2.02. The second-order valence-corrected chi connectivity index (χ2v) is 3.12. The molecule has 2 aromatic rings. The van der Waals surface area contributed by atoms with Crippen LogP contribution >= 0.6 is 0 Å². The van der Waals surface area contributed by atoms with Crippen molar-refractivity contribution in [3.05, 3.63) is 35.8 Å². The van der Waals surface area contributed by atoms with Gasteiger partial charge in [0, 0.05) is 5.39 Å². The number of benzene rings is 1. The Morgan fingerprint density at radius 2 is 2.15 bits per heavy atom. The van der Waals surface area contributed by atoms with E-state index in [1.165, 1.54) is 12.1 Å². The minimum absolute atomic E-state index is 0.157. The van der Waals surface area contributed by atoms with Gasteiger partial charge in [0.15, 0.2) is 0 Å². The molecule has 2 rings (SSSR count). The van der Waals surface area contributed by atoms with Crippen LogP contribution in [-0.4, -0.2) is 0 Å². The van der Waals surface area contributed by atoms with Crippen molar-refractivity contribution in [2.75, 3.05) is 0 Å². The van der Waals surface area contributed by atoms with Gasteiger partial charge >= 0.3 is 0 Å². The zero-order chi connectivity index (χ0) is 9.42. The number of nitrogens with two attached hydrogens (primary N) is 1. The highest BCUT2D eigenvalue weighted by Crippen LogP contribution is 2.23. The van der Waals surface area contributed by atoms with Crippen molar-refractivity contribution in [1.29, 1.82) is 0 Å². The SMILES string of the molecule is C[C@@H](N)c1cc2cc(F)ccc2o1. The smallest absolute Gasteiger partial charge is 0.134 e. The zero-order valence-electron chi connectivity index (χ0n) is 7.25. The Morgan fingerprint density at radius 1 is 1.38 bits per heavy atom. The van der Waals surface area contributed by atoms with Crippen LogP contribution in [0.4, 0.5) is 4.39 Å². The summed E-state index contributed by atoms with van der Waals surface area (Å²) in [6.07, 6.45) is 0. The maximum absolute atomic E-state index is 12.8. The molecule has 1 aromatic heterocycles. The number of hydrogen-bond acceptors (Lipinski definition) is 2. The number of rotatable bonds is 1. The molecule has 0 saturated carbocycles. The molecule has 0 unspecified atom stereocenters. The topological polar surface area (TPSA) is 39.2 Å². The fourth-order valence-electron chi connectivity index (χ4n) is 1.26. The van der Waals surface area contributed by atoms with Crippen molar-refractivity contribution in [3.8, 4) is 0 Å². The molecule has 0 fully saturated rings. The first kappa shape index (κ1) is 8.26. The van der Waals surface area contributed by atoms with Gasteiger partial charge in [0.2, 0.25) is 0 Å². The molecule has 2 nitrogen and oxygen atoms in total. The van der Waals surface area contributed by atoms with Crippen molar-refractivity contribution >= 4 is 11.0 Å². The quantitative estimate of drug-likeness (QED) is 0.730. The molecule has 3 heteroatoms. The molecule has 0 saturated heterocycles. The number of halogens is 1. The fourth-order valence-corrected chi connectivity index (χ4v) is 1.26. The summed E-state index contributed by atoms with van der Waals surface area (Å²) in [6.45, 7) is 1.83. The molecule has 0 radical (unpaired) electrons. The lowest BCUT2D eigenvalue weighted by atomic mass is 10.2. The summed E-state index contributed by atoms with van der Waals surface area (Å²) < 4.78 is 18.2. The van der Waals surface area contributed by atoms with E-state index >= 15 is 0 Å². The van der Waals surface area contributed by atoms with E-state index in [0.29, 0.717) is 11.3 Å². The highest BCUT2D eigenvalue weighted by molar-refractivity contribution is 5.77. The van der Waals surface area contributed by atoms with Gasteiger partial charge in [-0.25, -0.2) is 4.39 Å². The minimum Gasteiger partial charge on any atom is -0.459 e. The predicted molar refractivity (Wildman–Crippen MR) is 48.8 cm³/mol. The molecular formula is C10H10FNO. The maximum atomic E-state index is 12.8. The van der Waals surface area contributed by atoms with Crippen molar-refractivity contribution in [2.45, 2.75) is 13.0 Å². The second-order valence-electron chi connectivity index (χ2n) is 3.12. The molecule has 0 amide bonds. The van der Waals surface area contributed by atoms with Crippen LogP contribution in [0.3, 0.4) is 0 Å². The van der Waals surface area contributed by atoms with E-state index in [2.05, 4.69) is 0 Å². The summed E-state index contributed by atoms with van der Waals surface area (Å²) in [5.74, 6) is 0.421. The van der Waals surface area contributed by atoms with Crippen LogP contribution in [0.2, 0.25) is 0 Å². The Morgan fingerprint density at radius 3 is 2.85 bits per heavy atom. The van der Waals surface area contributed by atoms with Crippen molar-refractivity contribution in [3.63, 3.8) is 0 Å². The standard InChI is InChI=1S/C10H10FNO/c1-6(12)10-5-7-4-8(11)2-3-9(7)13-10/h2-6H,12H2,1H3/t6-/m1/s1. The Bertz CT molecular complexity index is 433. The van der Waals surface area contributed by atoms with Gasteiger partial charge in [0.1, 0.15) is 17.2 Å². The number of hydrogen-bond donors (Lipinski definition) is 1. The third-order valence-electron chi connectivity index (χ3n) is 1.95. The second kappa shape index (κ2) is 2.85. The fraction of sp³-hybridized carbons (Fsp3) is 0.200. The summed E-state index contributed by atoms with van der Waals surface area (Å²) in [4.78, 5) is 0. The number of fused-ring (bicyclic) bond motifs is 1. The zero-order valence-corrected chi connectivity index (χ0v) is 7.25. The maximum Gasteiger partial charge on any atom is 0.134 e.